The molecule has 0 atom stereocenters. The molecular formula is C46H27N3OS. The molecular weight excluding hydrogens is 643 g/mol. The maximum absolute atomic E-state index is 6.35. The van der Waals surface area contributed by atoms with Gasteiger partial charge in [-0.25, -0.2) is 9.97 Å². The van der Waals surface area contributed by atoms with Crippen LogP contribution in [0.2, 0.25) is 0 Å². The molecule has 0 unspecified atom stereocenters. The smallest absolute Gasteiger partial charge is 0.235 e. The second kappa shape index (κ2) is 11.0. The van der Waals surface area contributed by atoms with Crippen LogP contribution in [-0.4, -0.2) is 14.5 Å². The molecule has 5 heteroatoms. The standard InChI is InChI=1S/C46H27N3OS/c1-2-11-28(12-3-1)29-21-23-30(24-22-29)38-27-39(35-17-10-16-34-33-15-6-9-20-44(33)51-45(34)35)48-46(47-38)49-40-18-7-4-13-31(40)36-26-43-37(25-41(36)49)32-14-5-8-19-42(32)50-43/h1-27H. The number of furan rings is 1. The second-order valence-electron chi connectivity index (χ2n) is 13.0. The zero-order valence-corrected chi connectivity index (χ0v) is 28.1. The molecule has 4 aromatic heterocycles. The first-order valence-electron chi connectivity index (χ1n) is 17.1. The average molecular weight is 670 g/mol. The Morgan fingerprint density at radius 3 is 2.00 bits per heavy atom. The summed E-state index contributed by atoms with van der Waals surface area (Å²) in [7, 11) is 0. The van der Waals surface area contributed by atoms with Gasteiger partial charge in [0.1, 0.15) is 11.2 Å². The monoisotopic (exact) mass is 669 g/mol. The Bertz CT molecular complexity index is 3130. The predicted molar refractivity (Wildman–Crippen MR) is 213 cm³/mol. The molecule has 0 radical (unpaired) electrons. The predicted octanol–water partition coefficient (Wildman–Crippen LogP) is 12.8. The Morgan fingerprint density at radius 1 is 0.431 bits per heavy atom. The second-order valence-corrected chi connectivity index (χ2v) is 14.0. The SMILES string of the molecule is c1ccc(-c2ccc(-c3cc(-c4cccc5c4sc4ccccc45)nc(-n4c5ccccc5c5cc6oc7ccccc7c6cc54)n3)cc2)cc1. The van der Waals surface area contributed by atoms with E-state index in [1.807, 2.05) is 29.5 Å². The lowest BCUT2D eigenvalue weighted by Crippen LogP contribution is -2.04. The molecule has 0 fully saturated rings. The molecule has 0 aliphatic heterocycles. The summed E-state index contributed by atoms with van der Waals surface area (Å²) in [6.45, 7) is 0. The lowest BCUT2D eigenvalue weighted by Gasteiger charge is -2.13. The molecule has 0 spiro atoms. The van der Waals surface area contributed by atoms with Crippen LogP contribution in [0.5, 0.6) is 0 Å². The maximum Gasteiger partial charge on any atom is 0.235 e. The molecule has 0 saturated carbocycles. The molecule has 4 heterocycles. The molecule has 0 aliphatic rings. The molecule has 0 amide bonds. The van der Waals surface area contributed by atoms with Gasteiger partial charge >= 0.3 is 0 Å². The van der Waals surface area contributed by atoms with Crippen LogP contribution in [0.3, 0.4) is 0 Å². The zero-order chi connectivity index (χ0) is 33.5. The molecule has 0 bridgehead atoms. The summed E-state index contributed by atoms with van der Waals surface area (Å²) < 4.78 is 11.1. The molecule has 0 saturated heterocycles. The quantitative estimate of drug-likeness (QED) is 0.187. The van der Waals surface area contributed by atoms with Gasteiger partial charge in [-0.3, -0.25) is 4.57 Å². The van der Waals surface area contributed by atoms with E-state index in [1.54, 1.807) is 0 Å². The third-order valence-corrected chi connectivity index (χ3v) is 11.3. The zero-order valence-electron chi connectivity index (χ0n) is 27.2. The first-order valence-corrected chi connectivity index (χ1v) is 17.9. The van der Waals surface area contributed by atoms with E-state index in [0.29, 0.717) is 5.95 Å². The Hall–Kier alpha value is -6.56. The Balaban J connectivity index is 1.20. The number of benzene rings is 7. The Kier molecular flexibility index (Phi) is 6.09. The number of aromatic nitrogens is 3. The fraction of sp³-hybridized carbons (Fsp3) is 0. The number of fused-ring (bicyclic) bond motifs is 9. The van der Waals surface area contributed by atoms with Gasteiger partial charge in [0.2, 0.25) is 5.95 Å². The van der Waals surface area contributed by atoms with Crippen molar-refractivity contribution in [2.45, 2.75) is 0 Å². The largest absolute Gasteiger partial charge is 0.456 e. The molecule has 0 N–H and O–H groups in total. The van der Waals surface area contributed by atoms with E-state index in [2.05, 4.69) is 150 Å². The van der Waals surface area contributed by atoms with Crippen molar-refractivity contribution in [3.8, 4) is 39.6 Å². The number of hydrogen-bond donors (Lipinski definition) is 0. The van der Waals surface area contributed by atoms with Crippen LogP contribution in [0, 0.1) is 0 Å². The van der Waals surface area contributed by atoms with Gasteiger partial charge in [0, 0.05) is 52.8 Å². The van der Waals surface area contributed by atoms with Crippen LogP contribution in [0.25, 0.3) is 104 Å². The Morgan fingerprint density at radius 2 is 1.12 bits per heavy atom. The van der Waals surface area contributed by atoms with Crippen molar-refractivity contribution in [2.75, 3.05) is 0 Å². The number of rotatable bonds is 4. The van der Waals surface area contributed by atoms with E-state index in [4.69, 9.17) is 14.4 Å². The van der Waals surface area contributed by atoms with E-state index in [0.717, 1.165) is 66.3 Å². The molecule has 0 aliphatic carbocycles. The lowest BCUT2D eigenvalue weighted by atomic mass is 10.0. The Labute approximate surface area is 296 Å². The van der Waals surface area contributed by atoms with E-state index in [1.165, 1.54) is 31.3 Å². The van der Waals surface area contributed by atoms with Crippen molar-refractivity contribution in [1.29, 1.82) is 0 Å². The van der Waals surface area contributed by atoms with Crippen LogP contribution >= 0.6 is 11.3 Å². The number of nitrogens with zero attached hydrogens (tertiary/aromatic N) is 3. The van der Waals surface area contributed by atoms with Crippen LogP contribution in [0.1, 0.15) is 0 Å². The van der Waals surface area contributed by atoms with E-state index >= 15 is 0 Å². The summed E-state index contributed by atoms with van der Waals surface area (Å²) in [5, 5.41) is 6.91. The van der Waals surface area contributed by atoms with Crippen molar-refractivity contribution in [1.82, 2.24) is 14.5 Å². The van der Waals surface area contributed by atoms with Gasteiger partial charge < -0.3 is 4.42 Å². The minimum Gasteiger partial charge on any atom is -0.456 e. The van der Waals surface area contributed by atoms with Crippen LogP contribution in [0.15, 0.2) is 168 Å². The number of thiophene rings is 1. The fourth-order valence-corrected chi connectivity index (χ4v) is 8.86. The summed E-state index contributed by atoms with van der Waals surface area (Å²) in [6.07, 6.45) is 0. The number of hydrogen-bond acceptors (Lipinski definition) is 4. The molecule has 238 valence electrons. The summed E-state index contributed by atoms with van der Waals surface area (Å²) in [5.74, 6) is 0.631. The highest BCUT2D eigenvalue weighted by atomic mass is 32.1. The maximum atomic E-state index is 6.35. The third-order valence-electron chi connectivity index (χ3n) is 10.1. The first-order chi connectivity index (χ1) is 25.3. The van der Waals surface area contributed by atoms with E-state index in [9.17, 15) is 0 Å². The third kappa shape index (κ3) is 4.38. The highest BCUT2D eigenvalue weighted by Gasteiger charge is 2.20. The van der Waals surface area contributed by atoms with Gasteiger partial charge in [0.05, 0.1) is 22.4 Å². The molecule has 51 heavy (non-hydrogen) atoms. The van der Waals surface area contributed by atoms with Crippen LogP contribution < -0.4 is 0 Å². The van der Waals surface area contributed by atoms with E-state index < -0.39 is 0 Å². The van der Waals surface area contributed by atoms with Gasteiger partial charge in [0.25, 0.3) is 0 Å². The van der Waals surface area contributed by atoms with Gasteiger partial charge in [-0.15, -0.1) is 11.3 Å². The molecule has 11 aromatic rings. The summed E-state index contributed by atoms with van der Waals surface area (Å²) in [6, 6.07) is 57.7. The first kappa shape index (κ1) is 28.3. The van der Waals surface area contributed by atoms with Gasteiger partial charge in [0.15, 0.2) is 0 Å². The van der Waals surface area contributed by atoms with Gasteiger partial charge in [-0.05, 0) is 47.5 Å². The minimum absolute atomic E-state index is 0.631. The van der Waals surface area contributed by atoms with Crippen molar-refractivity contribution in [3.05, 3.63) is 164 Å². The molecule has 7 aromatic carbocycles. The van der Waals surface area contributed by atoms with Gasteiger partial charge in [-0.1, -0.05) is 127 Å². The number of para-hydroxylation sites is 2. The van der Waals surface area contributed by atoms with Crippen molar-refractivity contribution >= 4 is 75.3 Å². The van der Waals surface area contributed by atoms with Crippen LogP contribution in [0.4, 0.5) is 0 Å². The van der Waals surface area contributed by atoms with Crippen LogP contribution in [-0.2, 0) is 0 Å². The lowest BCUT2D eigenvalue weighted by molar-refractivity contribution is 0.669. The van der Waals surface area contributed by atoms with Crippen molar-refractivity contribution < 1.29 is 4.42 Å². The van der Waals surface area contributed by atoms with Crippen molar-refractivity contribution in [3.63, 3.8) is 0 Å². The minimum atomic E-state index is 0.631. The molecule has 4 nitrogen and oxygen atoms in total. The normalized spacial score (nSPS) is 11.9. The summed E-state index contributed by atoms with van der Waals surface area (Å²) in [4.78, 5) is 10.8. The fourth-order valence-electron chi connectivity index (χ4n) is 7.64. The van der Waals surface area contributed by atoms with Crippen molar-refractivity contribution in [2.24, 2.45) is 0 Å². The summed E-state index contributed by atoms with van der Waals surface area (Å²) in [5.41, 5.74) is 10.1. The summed E-state index contributed by atoms with van der Waals surface area (Å²) >= 11 is 1.82. The average Bonchev–Trinajstić information content (AvgIpc) is 3.86. The highest BCUT2D eigenvalue weighted by Crippen LogP contribution is 2.42. The van der Waals surface area contributed by atoms with Gasteiger partial charge in [-0.2, -0.15) is 0 Å². The van der Waals surface area contributed by atoms with E-state index in [-0.39, 0.29) is 0 Å². The topological polar surface area (TPSA) is 43.9 Å². The molecule has 11 rings (SSSR count). The highest BCUT2D eigenvalue weighted by molar-refractivity contribution is 7.26.